The van der Waals surface area contributed by atoms with Crippen molar-refractivity contribution < 1.29 is 37.4 Å². The monoisotopic (exact) mass is 677 g/mol. The maximum atomic E-state index is 16.2. The van der Waals surface area contributed by atoms with Crippen LogP contribution in [-0.2, 0) is 20.2 Å². The van der Waals surface area contributed by atoms with Crippen LogP contribution < -0.4 is 14.8 Å². The third kappa shape index (κ3) is 7.35. The van der Waals surface area contributed by atoms with Gasteiger partial charge in [0.05, 0.1) is 23.7 Å². The maximum absolute atomic E-state index is 16.2. The van der Waals surface area contributed by atoms with Crippen molar-refractivity contribution in [3.05, 3.63) is 60.1 Å². The minimum atomic E-state index is -3.31. The molecule has 3 aliphatic rings. The lowest BCUT2D eigenvalue weighted by Crippen LogP contribution is -2.57. The topological polar surface area (TPSA) is 133 Å². The van der Waals surface area contributed by atoms with Crippen molar-refractivity contribution in [2.45, 2.75) is 96.9 Å². The number of alkyl halides is 2. The summed E-state index contributed by atoms with van der Waals surface area (Å²) in [6.07, 6.45) is 3.64. The van der Waals surface area contributed by atoms with Crippen LogP contribution in [0.15, 0.2) is 54.5 Å². The molecule has 0 unspecified atom stereocenters. The maximum Gasteiger partial charge on any atom is 0.408 e. The van der Waals surface area contributed by atoms with E-state index in [0.717, 1.165) is 5.57 Å². The van der Waals surface area contributed by atoms with E-state index in [4.69, 9.17) is 14.2 Å². The number of nitrogens with one attached hydrogen (secondary N) is 1. The molecule has 6 rings (SSSR count). The molecule has 1 aromatic carbocycles. The molecule has 0 saturated carbocycles. The average Bonchev–Trinajstić information content (AvgIpc) is 3.67. The third-order valence-electron chi connectivity index (χ3n) is 9.39. The molecule has 1 N–H and O–H groups in total. The molecular weight excluding hydrogens is 636 g/mol. The Morgan fingerprint density at radius 1 is 1.14 bits per heavy atom. The number of rotatable bonds is 4. The lowest BCUT2D eigenvalue weighted by atomic mass is 9.85. The molecule has 3 aromatic rings. The standard InChI is InChI=1S/C36H41F2N5O6/c1-6-24-28-18-43(30(24)20(2)44)33(45)31(35(3,4)5)42-34(46)49-27-16-22(27)9-7-8-13-36(37,38)25-15-21-10-11-23(17-26(21)41-32(25)48-28)47-29-12-14-39-19-40-29/h10-12,14-17,19,24,27-28,30-31H,6-9,13,18H2,1-5H3,(H,42,46)/t24-,27-,28+,30-,31-/m1/s1. The molecule has 260 valence electrons. The highest BCUT2D eigenvalue weighted by molar-refractivity contribution is 5.93. The molecule has 2 bridgehead atoms. The number of halogens is 2. The number of benzene rings is 1. The Kier molecular flexibility index (Phi) is 9.29. The molecule has 1 fully saturated rings. The normalized spacial score (nSPS) is 25.8. The summed E-state index contributed by atoms with van der Waals surface area (Å²) in [5.41, 5.74) is 0.0858. The van der Waals surface area contributed by atoms with E-state index in [9.17, 15) is 14.4 Å². The van der Waals surface area contributed by atoms with E-state index in [2.05, 4.69) is 20.3 Å². The number of alkyl carbamates (subject to hydrolysis) is 1. The summed E-state index contributed by atoms with van der Waals surface area (Å²) in [5, 5.41) is 3.20. The predicted octanol–water partition coefficient (Wildman–Crippen LogP) is 6.51. The van der Waals surface area contributed by atoms with Crippen molar-refractivity contribution in [3.8, 4) is 17.5 Å². The molecule has 13 heteroatoms. The van der Waals surface area contributed by atoms with E-state index >= 15 is 8.78 Å². The Labute approximate surface area is 283 Å². The number of hydrogen-bond donors (Lipinski definition) is 1. The number of amides is 2. The van der Waals surface area contributed by atoms with Crippen LogP contribution >= 0.6 is 0 Å². The van der Waals surface area contributed by atoms with Gasteiger partial charge >= 0.3 is 6.09 Å². The van der Waals surface area contributed by atoms with Crippen LogP contribution in [0.25, 0.3) is 10.9 Å². The highest BCUT2D eigenvalue weighted by Crippen LogP contribution is 2.43. The minimum Gasteiger partial charge on any atom is -0.472 e. The molecule has 2 aromatic heterocycles. The number of Topliss-reactive ketones (excluding diaryl/α,β-unsaturated/α-hetero) is 1. The van der Waals surface area contributed by atoms with Gasteiger partial charge in [0.25, 0.3) is 5.92 Å². The lowest BCUT2D eigenvalue weighted by Gasteiger charge is -2.35. The van der Waals surface area contributed by atoms with Gasteiger partial charge in [0.1, 0.15) is 30.3 Å². The van der Waals surface area contributed by atoms with Gasteiger partial charge in [-0.25, -0.2) is 28.5 Å². The van der Waals surface area contributed by atoms with Crippen LogP contribution in [0.3, 0.4) is 0 Å². The molecule has 49 heavy (non-hydrogen) atoms. The number of fused-ring (bicyclic) bond motifs is 5. The largest absolute Gasteiger partial charge is 0.472 e. The highest BCUT2D eigenvalue weighted by atomic mass is 19.3. The zero-order valence-electron chi connectivity index (χ0n) is 28.2. The fourth-order valence-corrected chi connectivity index (χ4v) is 6.76. The number of carbonyl (C=O) groups excluding carboxylic acids is 3. The smallest absolute Gasteiger partial charge is 0.408 e. The first-order valence-electron chi connectivity index (χ1n) is 16.7. The average molecular weight is 678 g/mol. The Morgan fingerprint density at radius 3 is 2.63 bits per heavy atom. The van der Waals surface area contributed by atoms with Crippen LogP contribution in [0.5, 0.6) is 17.5 Å². The molecule has 2 amide bonds. The van der Waals surface area contributed by atoms with Crippen LogP contribution in [0.2, 0.25) is 0 Å². The van der Waals surface area contributed by atoms with Crippen molar-refractivity contribution in [2.24, 2.45) is 11.3 Å². The van der Waals surface area contributed by atoms with Crippen LogP contribution in [0.1, 0.15) is 72.3 Å². The number of nitrogens with zero attached hydrogens (tertiary/aromatic N) is 4. The van der Waals surface area contributed by atoms with E-state index in [1.54, 1.807) is 30.3 Å². The molecule has 4 heterocycles. The number of aromatic nitrogens is 3. The summed E-state index contributed by atoms with van der Waals surface area (Å²) in [6.45, 7) is 8.61. The van der Waals surface area contributed by atoms with Gasteiger partial charge in [-0.1, -0.05) is 27.7 Å². The van der Waals surface area contributed by atoms with Crippen LogP contribution in [0.4, 0.5) is 13.6 Å². The Bertz CT molecular complexity index is 1780. The van der Waals surface area contributed by atoms with E-state index in [-0.39, 0.29) is 30.2 Å². The first-order chi connectivity index (χ1) is 23.2. The molecule has 1 saturated heterocycles. The number of pyridine rings is 1. The molecular formula is C36H41F2N5O6. The van der Waals surface area contributed by atoms with Crippen molar-refractivity contribution in [1.29, 1.82) is 0 Å². The fourth-order valence-electron chi connectivity index (χ4n) is 6.76. The Balaban J connectivity index is 1.41. The van der Waals surface area contributed by atoms with Gasteiger partial charge < -0.3 is 24.4 Å². The van der Waals surface area contributed by atoms with Gasteiger partial charge in [0.15, 0.2) is 5.78 Å². The predicted molar refractivity (Wildman–Crippen MR) is 175 cm³/mol. The van der Waals surface area contributed by atoms with E-state index in [1.807, 2.05) is 27.7 Å². The van der Waals surface area contributed by atoms with E-state index in [1.165, 1.54) is 30.4 Å². The zero-order chi connectivity index (χ0) is 35.1. The van der Waals surface area contributed by atoms with Gasteiger partial charge in [0.2, 0.25) is 17.7 Å². The summed E-state index contributed by atoms with van der Waals surface area (Å²) in [7, 11) is 0. The van der Waals surface area contributed by atoms with Gasteiger partial charge in [-0.2, -0.15) is 0 Å². The van der Waals surface area contributed by atoms with Gasteiger partial charge in [-0.15, -0.1) is 0 Å². The second-order valence-electron chi connectivity index (χ2n) is 14.0. The highest BCUT2D eigenvalue weighted by Gasteiger charge is 2.51. The SMILES string of the molecule is CC[C@@H]1[C@@H]2CN(C(=O)[C@H](C(C)(C)C)NC(=O)O[C@@H]3C=C3CCCCC(F)(F)c3cc4ccc(Oc5ccncn5)cc4nc3O2)[C@@H]1C(C)=O. The van der Waals surface area contributed by atoms with Crippen LogP contribution in [0, 0.1) is 11.3 Å². The van der Waals surface area contributed by atoms with Crippen molar-refractivity contribution in [2.75, 3.05) is 6.54 Å². The molecule has 5 atom stereocenters. The third-order valence-corrected chi connectivity index (χ3v) is 9.39. The molecule has 2 aliphatic heterocycles. The van der Waals surface area contributed by atoms with E-state index in [0.29, 0.717) is 41.8 Å². The Morgan fingerprint density at radius 2 is 1.94 bits per heavy atom. The summed E-state index contributed by atoms with van der Waals surface area (Å²) in [5.74, 6) is -4.17. The summed E-state index contributed by atoms with van der Waals surface area (Å²) in [6, 6.07) is 5.96. The lowest BCUT2D eigenvalue weighted by molar-refractivity contribution is -0.141. The Hall–Kier alpha value is -4.68. The summed E-state index contributed by atoms with van der Waals surface area (Å²) >= 11 is 0. The second-order valence-corrected chi connectivity index (χ2v) is 14.0. The van der Waals surface area contributed by atoms with Crippen molar-refractivity contribution in [3.63, 3.8) is 0 Å². The number of ketones is 1. The van der Waals surface area contributed by atoms with E-state index < -0.39 is 60.0 Å². The zero-order valence-corrected chi connectivity index (χ0v) is 28.2. The second kappa shape index (κ2) is 13.3. The quantitative estimate of drug-likeness (QED) is 0.307. The van der Waals surface area contributed by atoms with Gasteiger partial charge in [0, 0.05) is 36.1 Å². The van der Waals surface area contributed by atoms with Gasteiger partial charge in [-0.05, 0) is 67.9 Å². The summed E-state index contributed by atoms with van der Waals surface area (Å²) in [4.78, 5) is 54.4. The molecule has 0 spiro atoms. The summed E-state index contributed by atoms with van der Waals surface area (Å²) < 4.78 is 50.2. The number of carbonyl (C=O) groups is 3. The molecule has 11 nitrogen and oxygen atoms in total. The van der Waals surface area contributed by atoms with Gasteiger partial charge in [-0.3, -0.25) is 9.59 Å². The molecule has 1 aliphatic carbocycles. The molecule has 0 radical (unpaired) electrons. The van der Waals surface area contributed by atoms with Crippen LogP contribution in [-0.4, -0.2) is 68.5 Å². The number of ether oxygens (including phenoxy) is 3. The fraction of sp³-hybridized carbons (Fsp3) is 0.500. The first-order valence-corrected chi connectivity index (χ1v) is 16.7. The number of hydrogen-bond acceptors (Lipinski definition) is 9. The first kappa shape index (κ1) is 34.2. The van der Waals surface area contributed by atoms with Crippen molar-refractivity contribution in [1.82, 2.24) is 25.2 Å². The minimum absolute atomic E-state index is 0.0686. The van der Waals surface area contributed by atoms with Crippen molar-refractivity contribution >= 4 is 28.7 Å².